The molecule has 0 aliphatic carbocycles. The number of ether oxygens (including phenoxy) is 1. The van der Waals surface area contributed by atoms with E-state index in [1.54, 1.807) is 6.07 Å². The van der Waals surface area contributed by atoms with Crippen LogP contribution in [-0.4, -0.2) is 63.9 Å². The van der Waals surface area contributed by atoms with Crippen LogP contribution in [0.4, 0.5) is 17.5 Å². The van der Waals surface area contributed by atoms with E-state index in [2.05, 4.69) is 71.5 Å². The first kappa shape index (κ1) is 27.6. The fraction of sp³-hybridized carbons (Fsp3) is 0.520. The molecule has 196 valence electrons. The van der Waals surface area contributed by atoms with Crippen molar-refractivity contribution in [3.63, 3.8) is 0 Å². The molecule has 2 heterocycles. The van der Waals surface area contributed by atoms with Crippen LogP contribution in [-0.2, 0) is 4.74 Å². The van der Waals surface area contributed by atoms with Gasteiger partial charge in [-0.05, 0) is 52.7 Å². The quantitative estimate of drug-likeness (QED) is 0.433. The summed E-state index contributed by atoms with van der Waals surface area (Å²) in [5.74, 6) is -0.332. The van der Waals surface area contributed by atoms with E-state index in [0.717, 1.165) is 16.9 Å². The molecule has 11 heteroatoms. The standard InChI is InChI=1S/C25H37ClN8O2/c1-7-14(2)20-15(12-34(6)25(3,4)5)10-16(11-17(20)26)29-23-21(22(28)35)32-33-24(31-23)30-19-8-9-36-13-18(19)27/h10-12,18-19H,7-9,13,27H2,1-6H3,(H2,28,35)(H2,29,30,31,33)/b15-12-,20-14?/t18-,19+/m0/s1. The van der Waals surface area contributed by atoms with Crippen molar-refractivity contribution in [2.75, 3.05) is 30.9 Å². The van der Waals surface area contributed by atoms with Crippen molar-refractivity contribution in [2.45, 2.75) is 65.1 Å². The van der Waals surface area contributed by atoms with Crippen LogP contribution in [0.5, 0.6) is 0 Å². The number of nitrogens with one attached hydrogen (secondary N) is 2. The van der Waals surface area contributed by atoms with Crippen LogP contribution >= 0.6 is 11.6 Å². The van der Waals surface area contributed by atoms with Crippen LogP contribution in [0.25, 0.3) is 11.8 Å². The van der Waals surface area contributed by atoms with Crippen molar-refractivity contribution < 1.29 is 9.53 Å². The molecule has 10 nitrogen and oxygen atoms in total. The minimum atomic E-state index is -0.746. The Labute approximate surface area is 217 Å². The van der Waals surface area contributed by atoms with E-state index in [-0.39, 0.29) is 35.1 Å². The first-order chi connectivity index (χ1) is 16.9. The van der Waals surface area contributed by atoms with Crippen molar-refractivity contribution in [3.05, 3.63) is 33.3 Å². The lowest BCUT2D eigenvalue weighted by atomic mass is 10.1. The molecule has 6 N–H and O–H groups in total. The van der Waals surface area contributed by atoms with Gasteiger partial charge in [0.25, 0.3) is 5.91 Å². The van der Waals surface area contributed by atoms with Gasteiger partial charge in [-0.25, -0.2) is 0 Å². The maximum atomic E-state index is 12.1. The number of primary amides is 1. The maximum absolute atomic E-state index is 12.1. The second-order valence-corrected chi connectivity index (χ2v) is 10.5. The third-order valence-electron chi connectivity index (χ3n) is 6.37. The average Bonchev–Trinajstić information content (AvgIpc) is 2.79. The number of amides is 1. The zero-order valence-electron chi connectivity index (χ0n) is 21.9. The number of anilines is 3. The van der Waals surface area contributed by atoms with E-state index >= 15 is 0 Å². The van der Waals surface area contributed by atoms with Crippen LogP contribution in [0.2, 0.25) is 5.02 Å². The monoisotopic (exact) mass is 516 g/mol. The lowest BCUT2D eigenvalue weighted by Gasteiger charge is -2.30. The van der Waals surface area contributed by atoms with Crippen molar-refractivity contribution in [1.82, 2.24) is 20.1 Å². The van der Waals surface area contributed by atoms with Gasteiger partial charge in [0.05, 0.1) is 11.6 Å². The minimum Gasteiger partial charge on any atom is -0.380 e. The minimum absolute atomic E-state index is 0.0781. The van der Waals surface area contributed by atoms with E-state index in [0.29, 0.717) is 30.3 Å². The number of rotatable bonds is 7. The fourth-order valence-corrected chi connectivity index (χ4v) is 4.10. The molecule has 1 aromatic heterocycles. The van der Waals surface area contributed by atoms with Gasteiger partial charge in [0, 0.05) is 53.6 Å². The van der Waals surface area contributed by atoms with Gasteiger partial charge in [0.15, 0.2) is 11.5 Å². The van der Waals surface area contributed by atoms with Crippen molar-refractivity contribution in [1.29, 1.82) is 0 Å². The molecular weight excluding hydrogens is 480 g/mol. The normalized spacial score (nSPS) is 19.6. The summed E-state index contributed by atoms with van der Waals surface area (Å²) in [6, 6.07) is 3.48. The largest absolute Gasteiger partial charge is 0.380 e. The molecule has 0 unspecified atom stereocenters. The van der Waals surface area contributed by atoms with Gasteiger partial charge < -0.3 is 31.7 Å². The number of hydrogen-bond donors (Lipinski definition) is 4. The van der Waals surface area contributed by atoms with E-state index in [1.807, 2.05) is 13.1 Å². The molecule has 36 heavy (non-hydrogen) atoms. The van der Waals surface area contributed by atoms with E-state index in [9.17, 15) is 4.79 Å². The topological polar surface area (TPSA) is 144 Å². The fourth-order valence-electron chi connectivity index (χ4n) is 3.71. The molecule has 2 atom stereocenters. The Balaban J connectivity index is 2.07. The number of carbonyl (C=O) groups excluding carboxylic acids is 1. The summed E-state index contributed by atoms with van der Waals surface area (Å²) in [4.78, 5) is 18.7. The predicted octanol–water partition coefficient (Wildman–Crippen LogP) is 1.94. The molecule has 2 aromatic rings. The molecule has 1 aromatic carbocycles. The van der Waals surface area contributed by atoms with Gasteiger partial charge in [-0.2, -0.15) is 4.98 Å². The number of hydrogen-bond acceptors (Lipinski definition) is 9. The summed E-state index contributed by atoms with van der Waals surface area (Å²) in [5.41, 5.74) is 13.3. The summed E-state index contributed by atoms with van der Waals surface area (Å²) < 4.78 is 5.39. The predicted molar refractivity (Wildman–Crippen MR) is 145 cm³/mol. The molecule has 0 saturated carbocycles. The van der Waals surface area contributed by atoms with Crippen LogP contribution < -0.4 is 32.5 Å². The lowest BCUT2D eigenvalue weighted by Crippen LogP contribution is -2.48. The third kappa shape index (κ3) is 6.63. The van der Waals surface area contributed by atoms with Crippen molar-refractivity contribution in [2.24, 2.45) is 11.5 Å². The maximum Gasteiger partial charge on any atom is 0.273 e. The second kappa shape index (κ2) is 11.4. The third-order valence-corrected chi connectivity index (χ3v) is 6.66. The zero-order valence-corrected chi connectivity index (χ0v) is 22.6. The van der Waals surface area contributed by atoms with E-state index < -0.39 is 5.91 Å². The number of carbonyl (C=O) groups is 1. The number of benzene rings is 1. The summed E-state index contributed by atoms with van der Waals surface area (Å²) in [5, 5.41) is 16.9. The van der Waals surface area contributed by atoms with Crippen LogP contribution in [0, 0.1) is 0 Å². The van der Waals surface area contributed by atoms with E-state index in [1.165, 1.54) is 5.57 Å². The summed E-state index contributed by atoms with van der Waals surface area (Å²) in [7, 11) is 2.03. The highest BCUT2D eigenvalue weighted by atomic mass is 35.5. The van der Waals surface area contributed by atoms with Gasteiger partial charge in [-0.1, -0.05) is 24.1 Å². The lowest BCUT2D eigenvalue weighted by molar-refractivity contribution is 0.0751. The highest BCUT2D eigenvalue weighted by Crippen LogP contribution is 2.21. The van der Waals surface area contributed by atoms with Crippen molar-refractivity contribution in [3.8, 4) is 0 Å². The van der Waals surface area contributed by atoms with Gasteiger partial charge in [-0.15, -0.1) is 10.2 Å². The molecule has 1 fully saturated rings. The number of halogens is 1. The molecule has 3 rings (SSSR count). The molecule has 0 radical (unpaired) electrons. The molecule has 1 aliphatic heterocycles. The molecule has 0 bridgehead atoms. The van der Waals surface area contributed by atoms with Gasteiger partial charge in [-0.3, -0.25) is 4.79 Å². The Kier molecular flexibility index (Phi) is 8.76. The molecule has 1 saturated heterocycles. The van der Waals surface area contributed by atoms with Crippen LogP contribution in [0.1, 0.15) is 57.9 Å². The van der Waals surface area contributed by atoms with Crippen LogP contribution in [0.3, 0.4) is 0 Å². The molecule has 1 aliphatic rings. The first-order valence-corrected chi connectivity index (χ1v) is 12.4. The smallest absolute Gasteiger partial charge is 0.273 e. The molecule has 1 amide bonds. The molecular formula is C25H37ClN8O2. The summed E-state index contributed by atoms with van der Waals surface area (Å²) in [6.45, 7) is 11.6. The Bertz CT molecular complexity index is 1230. The Morgan fingerprint density at radius 3 is 2.67 bits per heavy atom. The first-order valence-electron chi connectivity index (χ1n) is 12.1. The zero-order chi connectivity index (χ0) is 26.6. The number of nitrogens with two attached hydrogens (primary N) is 2. The van der Waals surface area contributed by atoms with Gasteiger partial charge >= 0.3 is 0 Å². The second-order valence-electron chi connectivity index (χ2n) is 10.1. The average molecular weight is 517 g/mol. The number of aromatic nitrogens is 3. The van der Waals surface area contributed by atoms with Crippen molar-refractivity contribution >= 4 is 46.7 Å². The number of nitrogens with zero attached hydrogens (tertiary/aromatic N) is 4. The van der Waals surface area contributed by atoms with Gasteiger partial charge in [0.1, 0.15) is 0 Å². The summed E-state index contributed by atoms with van der Waals surface area (Å²) in [6.07, 6.45) is 3.63. The summed E-state index contributed by atoms with van der Waals surface area (Å²) >= 11 is 6.77. The Hall–Kier alpha value is -2.95. The highest BCUT2D eigenvalue weighted by molar-refractivity contribution is 6.31. The Morgan fingerprint density at radius 1 is 1.33 bits per heavy atom. The molecule has 0 spiro atoms. The SMILES string of the molecule is CCC(C)=c1c(Cl)cc(Nc2nc(N[C@@H]3CCOC[C@@H]3N)nnc2C(N)=O)c/c1=C/N(C)C(C)(C)C. The van der Waals surface area contributed by atoms with E-state index in [4.69, 9.17) is 27.8 Å². The van der Waals surface area contributed by atoms with Gasteiger partial charge in [0.2, 0.25) is 5.95 Å². The highest BCUT2D eigenvalue weighted by Gasteiger charge is 2.24. The Morgan fingerprint density at radius 2 is 2.06 bits per heavy atom. The van der Waals surface area contributed by atoms with Crippen LogP contribution in [0.15, 0.2) is 12.1 Å².